The summed E-state index contributed by atoms with van der Waals surface area (Å²) in [6, 6.07) is 25.4. The number of anilines is 1. The summed E-state index contributed by atoms with van der Waals surface area (Å²) in [6.45, 7) is 0.517. The normalized spacial score (nSPS) is 10.3. The maximum Gasteiger partial charge on any atom is 0.232 e. The lowest BCUT2D eigenvalue weighted by molar-refractivity contribution is -0.118. The second-order valence-corrected chi connectivity index (χ2v) is 5.32. The van der Waals surface area contributed by atoms with E-state index in [0.29, 0.717) is 18.8 Å². The average molecular weight is 302 g/mol. The van der Waals surface area contributed by atoms with Crippen molar-refractivity contribution in [3.05, 3.63) is 96.2 Å². The van der Waals surface area contributed by atoms with E-state index in [9.17, 15) is 4.79 Å². The van der Waals surface area contributed by atoms with Gasteiger partial charge in [0.25, 0.3) is 0 Å². The van der Waals surface area contributed by atoms with Crippen molar-refractivity contribution in [2.45, 2.75) is 13.0 Å². The highest BCUT2D eigenvalue weighted by atomic mass is 16.2. The van der Waals surface area contributed by atoms with Gasteiger partial charge in [0.05, 0.1) is 13.0 Å². The lowest BCUT2D eigenvalue weighted by Crippen LogP contribution is -2.32. The van der Waals surface area contributed by atoms with Gasteiger partial charge in [-0.25, -0.2) is 4.98 Å². The number of hydrogen-bond acceptors (Lipinski definition) is 2. The first-order valence-corrected chi connectivity index (χ1v) is 7.62. The SMILES string of the molecule is O=C(Cc1ccccc1)N(Cc1ccccc1)c1ccccn1. The Balaban J connectivity index is 1.84. The zero-order chi connectivity index (χ0) is 15.9. The van der Waals surface area contributed by atoms with Crippen LogP contribution in [0.15, 0.2) is 85.1 Å². The van der Waals surface area contributed by atoms with Crippen LogP contribution in [0.25, 0.3) is 0 Å². The standard InChI is InChI=1S/C20H18N2O/c23-20(15-17-9-3-1-4-10-17)22(19-13-7-8-14-21-19)16-18-11-5-2-6-12-18/h1-14H,15-16H2. The molecule has 0 fully saturated rings. The Kier molecular flexibility index (Phi) is 4.79. The molecule has 0 bridgehead atoms. The van der Waals surface area contributed by atoms with Crippen LogP contribution in [0.3, 0.4) is 0 Å². The van der Waals surface area contributed by atoms with Crippen molar-refractivity contribution in [2.75, 3.05) is 4.90 Å². The molecule has 0 aliphatic heterocycles. The molecule has 3 heteroatoms. The summed E-state index contributed by atoms with van der Waals surface area (Å²) in [5, 5.41) is 0. The molecule has 0 atom stereocenters. The van der Waals surface area contributed by atoms with Crippen LogP contribution in [-0.2, 0) is 17.8 Å². The fraction of sp³-hybridized carbons (Fsp3) is 0.100. The molecule has 0 unspecified atom stereocenters. The largest absolute Gasteiger partial charge is 0.292 e. The number of amides is 1. The molecular weight excluding hydrogens is 284 g/mol. The number of rotatable bonds is 5. The van der Waals surface area contributed by atoms with Gasteiger partial charge < -0.3 is 0 Å². The molecule has 0 radical (unpaired) electrons. The first kappa shape index (κ1) is 15.0. The summed E-state index contributed by atoms with van der Waals surface area (Å²) in [7, 11) is 0. The lowest BCUT2D eigenvalue weighted by Gasteiger charge is -2.22. The van der Waals surface area contributed by atoms with Crippen molar-refractivity contribution < 1.29 is 4.79 Å². The molecule has 0 N–H and O–H groups in total. The van der Waals surface area contributed by atoms with Crippen molar-refractivity contribution in [3.63, 3.8) is 0 Å². The molecule has 3 aromatic rings. The van der Waals surface area contributed by atoms with Crippen LogP contribution >= 0.6 is 0 Å². The van der Waals surface area contributed by atoms with Gasteiger partial charge >= 0.3 is 0 Å². The number of nitrogens with zero attached hydrogens (tertiary/aromatic N) is 2. The summed E-state index contributed by atoms with van der Waals surface area (Å²) in [5.74, 6) is 0.719. The van der Waals surface area contributed by atoms with Crippen LogP contribution in [-0.4, -0.2) is 10.9 Å². The number of benzene rings is 2. The van der Waals surface area contributed by atoms with E-state index >= 15 is 0 Å². The molecule has 0 aliphatic rings. The molecule has 0 saturated carbocycles. The second-order valence-electron chi connectivity index (χ2n) is 5.32. The molecule has 0 spiro atoms. The van der Waals surface area contributed by atoms with Crippen LogP contribution < -0.4 is 4.90 Å². The summed E-state index contributed by atoms with van der Waals surface area (Å²) in [6.07, 6.45) is 2.08. The van der Waals surface area contributed by atoms with Gasteiger partial charge in [0, 0.05) is 6.20 Å². The third kappa shape index (κ3) is 4.04. The summed E-state index contributed by atoms with van der Waals surface area (Å²) < 4.78 is 0. The molecule has 3 rings (SSSR count). The van der Waals surface area contributed by atoms with E-state index in [1.54, 1.807) is 11.1 Å². The maximum absolute atomic E-state index is 12.8. The quantitative estimate of drug-likeness (QED) is 0.717. The lowest BCUT2D eigenvalue weighted by atomic mass is 10.1. The van der Waals surface area contributed by atoms with E-state index in [1.165, 1.54) is 0 Å². The van der Waals surface area contributed by atoms with Gasteiger partial charge in [0.1, 0.15) is 5.82 Å². The van der Waals surface area contributed by atoms with Crippen molar-refractivity contribution >= 4 is 11.7 Å². The Labute approximate surface area is 136 Å². The van der Waals surface area contributed by atoms with Gasteiger partial charge in [-0.05, 0) is 23.3 Å². The van der Waals surface area contributed by atoms with Crippen molar-refractivity contribution in [3.8, 4) is 0 Å². The topological polar surface area (TPSA) is 33.2 Å². The number of hydrogen-bond donors (Lipinski definition) is 0. The summed E-state index contributed by atoms with van der Waals surface area (Å²) >= 11 is 0. The number of carbonyl (C=O) groups is 1. The number of carbonyl (C=O) groups excluding carboxylic acids is 1. The molecule has 3 nitrogen and oxygen atoms in total. The third-order valence-corrected chi connectivity index (χ3v) is 3.61. The van der Waals surface area contributed by atoms with Gasteiger partial charge in [-0.1, -0.05) is 66.7 Å². The van der Waals surface area contributed by atoms with Crippen molar-refractivity contribution in [1.29, 1.82) is 0 Å². The van der Waals surface area contributed by atoms with Crippen LogP contribution in [0.1, 0.15) is 11.1 Å². The minimum absolute atomic E-state index is 0.0405. The molecule has 2 aromatic carbocycles. The summed E-state index contributed by atoms with van der Waals surface area (Å²) in [5.41, 5.74) is 2.09. The molecular formula is C20H18N2O. The van der Waals surface area contributed by atoms with Crippen LogP contribution in [0.4, 0.5) is 5.82 Å². The monoisotopic (exact) mass is 302 g/mol. The molecule has 114 valence electrons. The minimum Gasteiger partial charge on any atom is -0.292 e. The van der Waals surface area contributed by atoms with E-state index in [4.69, 9.17) is 0 Å². The van der Waals surface area contributed by atoms with Crippen LogP contribution in [0.5, 0.6) is 0 Å². The zero-order valence-corrected chi connectivity index (χ0v) is 12.8. The molecule has 0 aliphatic carbocycles. The Morgan fingerprint density at radius 1 is 0.783 bits per heavy atom. The van der Waals surface area contributed by atoms with E-state index in [0.717, 1.165) is 11.1 Å². The number of aromatic nitrogens is 1. The Hall–Kier alpha value is -2.94. The molecule has 1 amide bonds. The highest BCUT2D eigenvalue weighted by molar-refractivity contribution is 5.93. The van der Waals surface area contributed by atoms with Crippen LogP contribution in [0, 0.1) is 0 Å². The Morgan fingerprint density at radius 3 is 2.00 bits per heavy atom. The van der Waals surface area contributed by atoms with Gasteiger partial charge in [0.15, 0.2) is 0 Å². The number of pyridine rings is 1. The fourth-order valence-corrected chi connectivity index (χ4v) is 2.44. The van der Waals surface area contributed by atoms with Gasteiger partial charge in [0.2, 0.25) is 5.91 Å². The predicted molar refractivity (Wildman–Crippen MR) is 92.0 cm³/mol. The van der Waals surface area contributed by atoms with Crippen molar-refractivity contribution in [2.24, 2.45) is 0 Å². The first-order valence-electron chi connectivity index (χ1n) is 7.62. The molecule has 1 aromatic heterocycles. The second kappa shape index (κ2) is 7.36. The van der Waals surface area contributed by atoms with Gasteiger partial charge in [-0.2, -0.15) is 0 Å². The Morgan fingerprint density at radius 2 is 1.39 bits per heavy atom. The maximum atomic E-state index is 12.8. The van der Waals surface area contributed by atoms with E-state index in [1.807, 2.05) is 78.9 Å². The average Bonchev–Trinajstić information content (AvgIpc) is 2.62. The fourth-order valence-electron chi connectivity index (χ4n) is 2.44. The smallest absolute Gasteiger partial charge is 0.232 e. The zero-order valence-electron chi connectivity index (χ0n) is 12.8. The van der Waals surface area contributed by atoms with E-state index < -0.39 is 0 Å². The highest BCUT2D eigenvalue weighted by Crippen LogP contribution is 2.16. The predicted octanol–water partition coefficient (Wildman–Crippen LogP) is 3.86. The van der Waals surface area contributed by atoms with Gasteiger partial charge in [-0.3, -0.25) is 9.69 Å². The molecule has 23 heavy (non-hydrogen) atoms. The minimum atomic E-state index is 0.0405. The first-order chi connectivity index (χ1) is 11.3. The van der Waals surface area contributed by atoms with E-state index in [-0.39, 0.29) is 5.91 Å². The third-order valence-electron chi connectivity index (χ3n) is 3.61. The van der Waals surface area contributed by atoms with Gasteiger partial charge in [-0.15, -0.1) is 0 Å². The highest BCUT2D eigenvalue weighted by Gasteiger charge is 2.17. The molecule has 0 saturated heterocycles. The van der Waals surface area contributed by atoms with E-state index in [2.05, 4.69) is 4.98 Å². The Bertz CT molecular complexity index is 742. The summed E-state index contributed by atoms with van der Waals surface area (Å²) in [4.78, 5) is 18.9. The molecule has 1 heterocycles. The van der Waals surface area contributed by atoms with Crippen molar-refractivity contribution in [1.82, 2.24) is 4.98 Å². The van der Waals surface area contributed by atoms with Crippen LogP contribution in [0.2, 0.25) is 0 Å².